The summed E-state index contributed by atoms with van der Waals surface area (Å²) in [7, 11) is 0. The molecule has 9 rings (SSSR count). The SMILES string of the molecule is c1ccc(-c2nc3ccccc3n2-c2ccc(-c3c4ccccc4n4c5ccccc5n(-c5ccccc5)c34)cc2)cc1. The van der Waals surface area contributed by atoms with Gasteiger partial charge in [-0.1, -0.05) is 103 Å². The molecule has 43 heavy (non-hydrogen) atoms. The summed E-state index contributed by atoms with van der Waals surface area (Å²) >= 11 is 0. The summed E-state index contributed by atoms with van der Waals surface area (Å²) in [6.45, 7) is 0. The fraction of sp³-hybridized carbons (Fsp3) is 0. The average molecular weight is 551 g/mol. The van der Waals surface area contributed by atoms with Crippen LogP contribution in [0.4, 0.5) is 0 Å². The summed E-state index contributed by atoms with van der Waals surface area (Å²) in [6, 6.07) is 55.8. The molecule has 0 amide bonds. The van der Waals surface area contributed by atoms with Crippen LogP contribution in [0.1, 0.15) is 0 Å². The second-order valence-corrected chi connectivity index (χ2v) is 10.9. The zero-order chi connectivity index (χ0) is 28.3. The molecule has 0 aliphatic heterocycles. The molecule has 0 fully saturated rings. The molecule has 202 valence electrons. The van der Waals surface area contributed by atoms with Gasteiger partial charge in [0, 0.05) is 27.9 Å². The minimum absolute atomic E-state index is 0.940. The number of benzene rings is 6. The van der Waals surface area contributed by atoms with E-state index >= 15 is 0 Å². The molecule has 3 aromatic heterocycles. The number of imidazole rings is 2. The van der Waals surface area contributed by atoms with E-state index < -0.39 is 0 Å². The number of nitrogens with zero attached hydrogens (tertiary/aromatic N) is 4. The minimum Gasteiger partial charge on any atom is -0.293 e. The van der Waals surface area contributed by atoms with E-state index in [1.54, 1.807) is 0 Å². The third-order valence-electron chi connectivity index (χ3n) is 8.45. The van der Waals surface area contributed by atoms with Crippen LogP contribution >= 0.6 is 0 Å². The number of hydrogen-bond acceptors (Lipinski definition) is 1. The monoisotopic (exact) mass is 550 g/mol. The quantitative estimate of drug-likeness (QED) is 0.214. The maximum absolute atomic E-state index is 5.04. The van der Waals surface area contributed by atoms with Gasteiger partial charge in [-0.15, -0.1) is 0 Å². The summed E-state index contributed by atoms with van der Waals surface area (Å²) in [5.41, 5.74) is 12.5. The minimum atomic E-state index is 0.940. The molecular weight excluding hydrogens is 524 g/mol. The lowest BCUT2D eigenvalue weighted by Crippen LogP contribution is -1.98. The highest BCUT2D eigenvalue weighted by molar-refractivity contribution is 6.09. The summed E-state index contributed by atoms with van der Waals surface area (Å²) in [5, 5.41) is 1.23. The molecule has 0 saturated carbocycles. The predicted octanol–water partition coefficient (Wildman–Crippen LogP) is 9.71. The van der Waals surface area contributed by atoms with Crippen molar-refractivity contribution in [2.75, 3.05) is 0 Å². The van der Waals surface area contributed by atoms with E-state index in [1.165, 1.54) is 38.7 Å². The van der Waals surface area contributed by atoms with Crippen LogP contribution in [0.25, 0.3) is 72.5 Å². The van der Waals surface area contributed by atoms with Crippen molar-refractivity contribution in [1.82, 2.24) is 18.5 Å². The fourth-order valence-corrected chi connectivity index (χ4v) is 6.61. The van der Waals surface area contributed by atoms with Crippen molar-refractivity contribution >= 4 is 38.6 Å². The number of fused-ring (bicyclic) bond motifs is 6. The first-order chi connectivity index (χ1) is 21.4. The molecule has 0 unspecified atom stereocenters. The number of para-hydroxylation sites is 6. The van der Waals surface area contributed by atoms with Crippen molar-refractivity contribution in [3.8, 4) is 33.9 Å². The normalized spacial score (nSPS) is 11.7. The van der Waals surface area contributed by atoms with Crippen LogP contribution in [0.15, 0.2) is 158 Å². The molecule has 0 saturated heterocycles. The smallest absolute Gasteiger partial charge is 0.145 e. The number of hydrogen-bond donors (Lipinski definition) is 0. The first-order valence-corrected chi connectivity index (χ1v) is 14.6. The van der Waals surface area contributed by atoms with Gasteiger partial charge in [0.15, 0.2) is 0 Å². The molecule has 0 N–H and O–H groups in total. The Labute approximate surface area is 248 Å². The van der Waals surface area contributed by atoms with Crippen molar-refractivity contribution in [3.05, 3.63) is 158 Å². The third kappa shape index (κ3) is 3.53. The van der Waals surface area contributed by atoms with Crippen LogP contribution in [0.5, 0.6) is 0 Å². The Morgan fingerprint density at radius 1 is 0.395 bits per heavy atom. The summed E-state index contributed by atoms with van der Waals surface area (Å²) in [6.07, 6.45) is 0. The van der Waals surface area contributed by atoms with E-state index in [4.69, 9.17) is 4.98 Å². The van der Waals surface area contributed by atoms with Gasteiger partial charge in [0.2, 0.25) is 0 Å². The highest BCUT2D eigenvalue weighted by Gasteiger charge is 2.22. The Hall–Kier alpha value is -5.87. The van der Waals surface area contributed by atoms with Crippen molar-refractivity contribution in [2.45, 2.75) is 0 Å². The second-order valence-electron chi connectivity index (χ2n) is 10.9. The highest BCUT2D eigenvalue weighted by atomic mass is 15.1. The Bertz CT molecular complexity index is 2430. The Morgan fingerprint density at radius 3 is 1.74 bits per heavy atom. The molecular formula is C39H26N4. The van der Waals surface area contributed by atoms with Gasteiger partial charge in [-0.3, -0.25) is 13.5 Å². The zero-order valence-corrected chi connectivity index (χ0v) is 23.3. The second kappa shape index (κ2) is 9.33. The maximum Gasteiger partial charge on any atom is 0.145 e. The van der Waals surface area contributed by atoms with Gasteiger partial charge in [-0.05, 0) is 60.2 Å². The van der Waals surface area contributed by atoms with Gasteiger partial charge < -0.3 is 0 Å². The van der Waals surface area contributed by atoms with Crippen molar-refractivity contribution in [3.63, 3.8) is 0 Å². The summed E-state index contributed by atoms with van der Waals surface area (Å²) < 4.78 is 7.08. The standard InChI is InChI=1S/C39H26N4/c1-3-13-28(14-4-1)38-40-32-18-8-10-20-34(32)41(38)30-25-23-27(24-26-30)37-31-17-7-9-19-33(31)43-36-22-12-11-21-35(36)42(39(37)43)29-15-5-2-6-16-29/h1-26H. The van der Waals surface area contributed by atoms with Gasteiger partial charge in [0.05, 0.1) is 27.6 Å². The molecule has 9 aromatic rings. The number of rotatable bonds is 4. The Balaban J connectivity index is 1.31. The molecule has 0 bridgehead atoms. The van der Waals surface area contributed by atoms with Crippen molar-refractivity contribution in [1.29, 1.82) is 0 Å². The van der Waals surface area contributed by atoms with Gasteiger partial charge >= 0.3 is 0 Å². The molecule has 6 aromatic carbocycles. The van der Waals surface area contributed by atoms with Crippen LogP contribution in [-0.2, 0) is 0 Å². The largest absolute Gasteiger partial charge is 0.293 e. The lowest BCUT2D eigenvalue weighted by Gasteiger charge is -2.12. The Kier molecular flexibility index (Phi) is 5.16. The van der Waals surface area contributed by atoms with E-state index in [-0.39, 0.29) is 0 Å². The van der Waals surface area contributed by atoms with Crippen LogP contribution in [0.2, 0.25) is 0 Å². The van der Waals surface area contributed by atoms with E-state index in [0.29, 0.717) is 0 Å². The first-order valence-electron chi connectivity index (χ1n) is 14.6. The number of aromatic nitrogens is 4. The molecule has 4 nitrogen and oxygen atoms in total. The van der Waals surface area contributed by atoms with Crippen LogP contribution in [0.3, 0.4) is 0 Å². The van der Waals surface area contributed by atoms with E-state index in [9.17, 15) is 0 Å². The lowest BCUT2D eigenvalue weighted by molar-refractivity contribution is 1.10. The topological polar surface area (TPSA) is 27.2 Å². The van der Waals surface area contributed by atoms with Gasteiger partial charge in [-0.25, -0.2) is 4.98 Å². The zero-order valence-electron chi connectivity index (χ0n) is 23.3. The molecule has 0 atom stereocenters. The molecule has 0 spiro atoms. The highest BCUT2D eigenvalue weighted by Crippen LogP contribution is 2.41. The molecule has 0 aliphatic carbocycles. The summed E-state index contributed by atoms with van der Waals surface area (Å²) in [5.74, 6) is 0.940. The van der Waals surface area contributed by atoms with E-state index in [1.807, 2.05) is 12.1 Å². The Morgan fingerprint density at radius 2 is 0.977 bits per heavy atom. The van der Waals surface area contributed by atoms with Crippen molar-refractivity contribution in [2.24, 2.45) is 0 Å². The molecule has 0 aliphatic rings. The van der Waals surface area contributed by atoms with E-state index in [2.05, 4.69) is 159 Å². The average Bonchev–Trinajstić information content (AvgIpc) is 3.73. The van der Waals surface area contributed by atoms with Crippen LogP contribution < -0.4 is 0 Å². The molecule has 4 heteroatoms. The predicted molar refractivity (Wildman–Crippen MR) is 177 cm³/mol. The first kappa shape index (κ1) is 23.8. The van der Waals surface area contributed by atoms with Gasteiger partial charge in [-0.2, -0.15) is 0 Å². The van der Waals surface area contributed by atoms with Crippen LogP contribution in [-0.4, -0.2) is 18.5 Å². The maximum atomic E-state index is 5.04. The van der Waals surface area contributed by atoms with Gasteiger partial charge in [0.1, 0.15) is 11.5 Å². The van der Waals surface area contributed by atoms with Crippen LogP contribution in [0, 0.1) is 0 Å². The summed E-state index contributed by atoms with van der Waals surface area (Å²) in [4.78, 5) is 5.04. The van der Waals surface area contributed by atoms with Gasteiger partial charge in [0.25, 0.3) is 0 Å². The molecule has 3 heterocycles. The molecule has 0 radical (unpaired) electrons. The lowest BCUT2D eigenvalue weighted by atomic mass is 10.0. The fourth-order valence-electron chi connectivity index (χ4n) is 6.61. The third-order valence-corrected chi connectivity index (χ3v) is 8.45. The van der Waals surface area contributed by atoms with E-state index in [0.717, 1.165) is 33.8 Å². The van der Waals surface area contributed by atoms with Crippen molar-refractivity contribution < 1.29 is 0 Å².